The van der Waals surface area contributed by atoms with Gasteiger partial charge in [-0.15, -0.1) is 0 Å². The Kier molecular flexibility index (Phi) is 5.76. The highest BCUT2D eigenvalue weighted by atomic mass is 16.2. The lowest BCUT2D eigenvalue weighted by Crippen LogP contribution is -2.48. The maximum absolute atomic E-state index is 12.3. The topological polar surface area (TPSA) is 53.4 Å². The molecule has 1 aromatic heterocycles. The Morgan fingerprint density at radius 3 is 2.71 bits per heavy atom. The van der Waals surface area contributed by atoms with Crippen LogP contribution in [0.25, 0.3) is 0 Å². The van der Waals surface area contributed by atoms with Gasteiger partial charge in [0.1, 0.15) is 12.4 Å². The van der Waals surface area contributed by atoms with Crippen LogP contribution in [0.15, 0.2) is 12.4 Å². The summed E-state index contributed by atoms with van der Waals surface area (Å²) in [5.41, 5.74) is 0. The third kappa shape index (κ3) is 4.82. The second-order valence-electron chi connectivity index (χ2n) is 6.18. The molecule has 1 aromatic rings. The number of imidazole rings is 1. The summed E-state index contributed by atoms with van der Waals surface area (Å²) < 4.78 is 1.95. The van der Waals surface area contributed by atoms with E-state index in [1.165, 1.54) is 0 Å². The molecule has 0 spiro atoms. The lowest BCUT2D eigenvalue weighted by Gasteiger charge is -2.32. The van der Waals surface area contributed by atoms with Crippen LogP contribution in [0.5, 0.6) is 0 Å². The highest BCUT2D eigenvalue weighted by Crippen LogP contribution is 2.04. The number of hydrogen-bond donors (Lipinski definition) is 1. The molecule has 21 heavy (non-hydrogen) atoms. The average Bonchev–Trinajstić information content (AvgIpc) is 2.86. The minimum Gasteiger partial charge on any atom is -0.339 e. The van der Waals surface area contributed by atoms with Gasteiger partial charge in [0, 0.05) is 38.6 Å². The fourth-order valence-corrected chi connectivity index (χ4v) is 2.43. The van der Waals surface area contributed by atoms with Gasteiger partial charge in [-0.3, -0.25) is 4.79 Å². The lowest BCUT2D eigenvalue weighted by atomic mass is 10.2. The van der Waals surface area contributed by atoms with E-state index in [2.05, 4.69) is 36.1 Å². The van der Waals surface area contributed by atoms with Gasteiger partial charge in [-0.05, 0) is 19.5 Å². The van der Waals surface area contributed by atoms with Crippen molar-refractivity contribution in [1.82, 2.24) is 24.7 Å². The number of amides is 1. The zero-order chi connectivity index (χ0) is 15.2. The standard InChI is InChI=1S/C15H27N5O/c1-13(2)10-16-11-14-17-4-5-20(14)12-15(21)19-8-6-18(3)7-9-19/h4-5,13,16H,6-12H2,1-3H3. The summed E-state index contributed by atoms with van der Waals surface area (Å²) in [6.45, 7) is 9.97. The van der Waals surface area contributed by atoms with Gasteiger partial charge in [0.25, 0.3) is 0 Å². The van der Waals surface area contributed by atoms with Crippen LogP contribution in [-0.4, -0.2) is 65.0 Å². The van der Waals surface area contributed by atoms with Gasteiger partial charge in [0.2, 0.25) is 5.91 Å². The second-order valence-corrected chi connectivity index (χ2v) is 6.18. The van der Waals surface area contributed by atoms with E-state index in [1.807, 2.05) is 15.7 Å². The minimum absolute atomic E-state index is 0.186. The van der Waals surface area contributed by atoms with Crippen LogP contribution in [0.3, 0.4) is 0 Å². The van der Waals surface area contributed by atoms with Crippen LogP contribution in [0.2, 0.25) is 0 Å². The van der Waals surface area contributed by atoms with Crippen LogP contribution in [0.1, 0.15) is 19.7 Å². The van der Waals surface area contributed by atoms with E-state index in [0.717, 1.165) is 38.5 Å². The molecule has 6 heteroatoms. The van der Waals surface area contributed by atoms with Gasteiger partial charge in [-0.2, -0.15) is 0 Å². The van der Waals surface area contributed by atoms with E-state index >= 15 is 0 Å². The predicted octanol–water partition coefficient (Wildman–Crippen LogP) is 0.403. The molecule has 6 nitrogen and oxygen atoms in total. The van der Waals surface area contributed by atoms with E-state index in [1.54, 1.807) is 6.20 Å². The van der Waals surface area contributed by atoms with Crippen molar-refractivity contribution in [3.8, 4) is 0 Å². The van der Waals surface area contributed by atoms with Crippen molar-refractivity contribution in [1.29, 1.82) is 0 Å². The molecule has 1 amide bonds. The predicted molar refractivity (Wildman–Crippen MR) is 82.8 cm³/mol. The Bertz CT molecular complexity index is 449. The van der Waals surface area contributed by atoms with Crippen molar-refractivity contribution in [2.24, 2.45) is 5.92 Å². The summed E-state index contributed by atoms with van der Waals surface area (Å²) in [5, 5.41) is 3.37. The van der Waals surface area contributed by atoms with Crippen molar-refractivity contribution >= 4 is 5.91 Å². The maximum atomic E-state index is 12.3. The molecule has 0 bridgehead atoms. The number of carbonyl (C=O) groups excluding carboxylic acids is 1. The van der Waals surface area contributed by atoms with Gasteiger partial charge >= 0.3 is 0 Å². The molecule has 118 valence electrons. The summed E-state index contributed by atoms with van der Waals surface area (Å²) in [6.07, 6.45) is 3.66. The summed E-state index contributed by atoms with van der Waals surface area (Å²) in [6, 6.07) is 0. The Morgan fingerprint density at radius 1 is 1.33 bits per heavy atom. The average molecular weight is 293 g/mol. The number of nitrogens with zero attached hydrogens (tertiary/aromatic N) is 4. The van der Waals surface area contributed by atoms with Gasteiger partial charge in [-0.1, -0.05) is 13.8 Å². The number of piperazine rings is 1. The Balaban J connectivity index is 1.85. The molecular weight excluding hydrogens is 266 g/mol. The monoisotopic (exact) mass is 293 g/mol. The minimum atomic E-state index is 0.186. The number of aromatic nitrogens is 2. The first-order chi connectivity index (χ1) is 10.1. The molecule has 0 unspecified atom stereocenters. The van der Waals surface area contributed by atoms with E-state index in [4.69, 9.17) is 0 Å². The molecule has 0 aromatic carbocycles. The van der Waals surface area contributed by atoms with Crippen LogP contribution in [-0.2, 0) is 17.9 Å². The number of carbonyl (C=O) groups is 1. The van der Waals surface area contributed by atoms with E-state index < -0.39 is 0 Å². The molecule has 0 radical (unpaired) electrons. The van der Waals surface area contributed by atoms with Gasteiger partial charge in [0.05, 0.1) is 6.54 Å². The zero-order valence-electron chi connectivity index (χ0n) is 13.4. The maximum Gasteiger partial charge on any atom is 0.242 e. The third-order valence-electron chi connectivity index (χ3n) is 3.80. The molecule has 0 aliphatic carbocycles. The second kappa shape index (κ2) is 7.56. The number of hydrogen-bond acceptors (Lipinski definition) is 4. The van der Waals surface area contributed by atoms with Crippen molar-refractivity contribution in [2.45, 2.75) is 26.9 Å². The van der Waals surface area contributed by atoms with Crippen molar-refractivity contribution in [3.05, 3.63) is 18.2 Å². The summed E-state index contributed by atoms with van der Waals surface area (Å²) >= 11 is 0. The molecule has 1 fully saturated rings. The lowest BCUT2D eigenvalue weighted by molar-refractivity contribution is -0.133. The highest BCUT2D eigenvalue weighted by molar-refractivity contribution is 5.76. The van der Waals surface area contributed by atoms with E-state index in [9.17, 15) is 4.79 Å². The molecule has 0 atom stereocenters. The number of rotatable bonds is 6. The fourth-order valence-electron chi connectivity index (χ4n) is 2.43. The number of likely N-dealkylation sites (N-methyl/N-ethyl adjacent to an activating group) is 1. The fraction of sp³-hybridized carbons (Fsp3) is 0.733. The first-order valence-corrected chi connectivity index (χ1v) is 7.73. The Hall–Kier alpha value is -1.40. The van der Waals surface area contributed by atoms with Crippen LogP contribution in [0.4, 0.5) is 0 Å². The molecule has 1 saturated heterocycles. The van der Waals surface area contributed by atoms with Crippen molar-refractivity contribution in [3.63, 3.8) is 0 Å². The molecular formula is C15H27N5O. The molecule has 1 aliphatic heterocycles. The largest absolute Gasteiger partial charge is 0.339 e. The zero-order valence-corrected chi connectivity index (χ0v) is 13.4. The summed E-state index contributed by atoms with van der Waals surface area (Å²) in [7, 11) is 2.09. The molecule has 0 saturated carbocycles. The van der Waals surface area contributed by atoms with Crippen LogP contribution >= 0.6 is 0 Å². The van der Waals surface area contributed by atoms with Crippen molar-refractivity contribution < 1.29 is 4.79 Å². The smallest absolute Gasteiger partial charge is 0.242 e. The molecule has 2 rings (SSSR count). The van der Waals surface area contributed by atoms with Gasteiger partial charge < -0.3 is 19.7 Å². The SMILES string of the molecule is CC(C)CNCc1nccn1CC(=O)N1CCN(C)CC1. The molecule has 1 N–H and O–H groups in total. The highest BCUT2D eigenvalue weighted by Gasteiger charge is 2.19. The first kappa shape index (κ1) is 16.0. The van der Waals surface area contributed by atoms with Crippen molar-refractivity contribution in [2.75, 3.05) is 39.8 Å². The van der Waals surface area contributed by atoms with Crippen LogP contribution in [0, 0.1) is 5.92 Å². The summed E-state index contributed by atoms with van der Waals surface area (Å²) in [4.78, 5) is 20.9. The van der Waals surface area contributed by atoms with E-state index in [0.29, 0.717) is 19.0 Å². The van der Waals surface area contributed by atoms with Crippen LogP contribution < -0.4 is 5.32 Å². The molecule has 1 aliphatic rings. The molecule has 2 heterocycles. The normalized spacial score (nSPS) is 16.7. The number of nitrogens with one attached hydrogen (secondary N) is 1. The summed E-state index contributed by atoms with van der Waals surface area (Å²) in [5.74, 6) is 1.73. The Labute approximate surface area is 127 Å². The van der Waals surface area contributed by atoms with E-state index in [-0.39, 0.29) is 5.91 Å². The Morgan fingerprint density at radius 2 is 2.05 bits per heavy atom. The van der Waals surface area contributed by atoms with Gasteiger partial charge in [0.15, 0.2) is 0 Å². The van der Waals surface area contributed by atoms with Gasteiger partial charge in [-0.25, -0.2) is 4.98 Å². The quantitative estimate of drug-likeness (QED) is 0.825. The third-order valence-corrected chi connectivity index (χ3v) is 3.80. The first-order valence-electron chi connectivity index (χ1n) is 7.73.